The smallest absolute Gasteiger partial charge is 0.159 e. The van der Waals surface area contributed by atoms with Crippen molar-refractivity contribution in [2.24, 2.45) is 0 Å². The van der Waals surface area contributed by atoms with Crippen LogP contribution in [0.15, 0.2) is 36.7 Å². The van der Waals surface area contributed by atoms with Crippen LogP contribution in [0.4, 0.5) is 0 Å². The van der Waals surface area contributed by atoms with Crippen molar-refractivity contribution in [3.8, 4) is 17.1 Å². The molecular weight excluding hydrogens is 392 g/mol. The molecule has 32 heavy (non-hydrogen) atoms. The second-order valence-electron chi connectivity index (χ2n) is 9.13. The summed E-state index contributed by atoms with van der Waals surface area (Å²) in [4.78, 5) is 8.98. The van der Waals surface area contributed by atoms with Gasteiger partial charge in [-0.2, -0.15) is 0 Å². The van der Waals surface area contributed by atoms with Gasteiger partial charge in [0, 0.05) is 5.56 Å². The quantitative estimate of drug-likeness (QED) is 0.205. The molecule has 0 unspecified atom stereocenters. The molecule has 0 spiro atoms. The summed E-state index contributed by atoms with van der Waals surface area (Å²) in [6, 6.07) is 8.61. The summed E-state index contributed by atoms with van der Waals surface area (Å²) >= 11 is 0. The number of aromatic nitrogens is 2. The summed E-state index contributed by atoms with van der Waals surface area (Å²) in [5.41, 5.74) is 2.45. The van der Waals surface area contributed by atoms with Gasteiger partial charge in [-0.25, -0.2) is 9.97 Å². The van der Waals surface area contributed by atoms with E-state index in [2.05, 4.69) is 48.1 Å². The largest absolute Gasteiger partial charge is 0.490 e. The first-order valence-electron chi connectivity index (χ1n) is 13.4. The van der Waals surface area contributed by atoms with Gasteiger partial charge in [0.05, 0.1) is 19.0 Å². The van der Waals surface area contributed by atoms with Crippen molar-refractivity contribution in [3.63, 3.8) is 0 Å². The molecule has 0 aliphatic carbocycles. The Morgan fingerprint density at radius 2 is 1.09 bits per heavy atom. The molecule has 0 fully saturated rings. The van der Waals surface area contributed by atoms with Crippen molar-refractivity contribution in [2.45, 2.75) is 117 Å². The zero-order valence-electron chi connectivity index (χ0n) is 20.8. The third-order valence-corrected chi connectivity index (χ3v) is 6.18. The normalized spacial score (nSPS) is 11.1. The fraction of sp³-hybridized carbons (Fsp3) is 0.655. The lowest BCUT2D eigenvalue weighted by Gasteiger charge is -2.07. The van der Waals surface area contributed by atoms with Crippen molar-refractivity contribution in [2.75, 3.05) is 6.61 Å². The van der Waals surface area contributed by atoms with Gasteiger partial charge >= 0.3 is 0 Å². The van der Waals surface area contributed by atoms with Crippen LogP contribution < -0.4 is 4.74 Å². The van der Waals surface area contributed by atoms with Crippen LogP contribution in [0.1, 0.15) is 116 Å². The molecule has 0 aliphatic heterocycles. The van der Waals surface area contributed by atoms with E-state index < -0.39 is 0 Å². The minimum atomic E-state index is 0.757. The van der Waals surface area contributed by atoms with Gasteiger partial charge < -0.3 is 4.74 Å². The van der Waals surface area contributed by atoms with E-state index in [1.54, 1.807) is 12.4 Å². The van der Waals surface area contributed by atoms with Gasteiger partial charge in [0.15, 0.2) is 11.6 Å². The van der Waals surface area contributed by atoms with E-state index in [1.807, 2.05) is 0 Å². The van der Waals surface area contributed by atoms with Gasteiger partial charge in [-0.1, -0.05) is 122 Å². The molecule has 0 radical (unpaired) electrons. The van der Waals surface area contributed by atoms with Crippen LogP contribution in [-0.2, 0) is 6.42 Å². The molecule has 0 saturated heterocycles. The average molecular weight is 439 g/mol. The molecule has 2 rings (SSSR count). The number of ether oxygens (including phenoxy) is 1. The molecule has 2 aromatic rings. The third kappa shape index (κ3) is 11.6. The Morgan fingerprint density at radius 3 is 1.62 bits per heavy atom. The van der Waals surface area contributed by atoms with Crippen molar-refractivity contribution >= 4 is 0 Å². The lowest BCUT2D eigenvalue weighted by molar-refractivity contribution is 0.302. The number of hydrogen-bond donors (Lipinski definition) is 0. The topological polar surface area (TPSA) is 35.0 Å². The predicted molar refractivity (Wildman–Crippen MR) is 137 cm³/mol. The van der Waals surface area contributed by atoms with E-state index in [9.17, 15) is 0 Å². The van der Waals surface area contributed by atoms with Crippen LogP contribution >= 0.6 is 0 Å². The van der Waals surface area contributed by atoms with Crippen molar-refractivity contribution in [3.05, 3.63) is 42.2 Å². The van der Waals surface area contributed by atoms with E-state index in [1.165, 1.54) is 95.5 Å². The molecule has 1 aromatic heterocycles. The van der Waals surface area contributed by atoms with Crippen LogP contribution in [0, 0.1) is 0 Å². The summed E-state index contributed by atoms with van der Waals surface area (Å²) < 4.78 is 5.84. The summed E-state index contributed by atoms with van der Waals surface area (Å²) in [6.07, 6.45) is 25.0. The van der Waals surface area contributed by atoms with E-state index in [-0.39, 0.29) is 0 Å². The second-order valence-corrected chi connectivity index (χ2v) is 9.13. The second kappa shape index (κ2) is 17.6. The highest BCUT2D eigenvalue weighted by Gasteiger charge is 2.03. The zero-order chi connectivity index (χ0) is 22.7. The van der Waals surface area contributed by atoms with Crippen molar-refractivity contribution in [1.29, 1.82) is 0 Å². The molecule has 3 heteroatoms. The van der Waals surface area contributed by atoms with Crippen LogP contribution in [0.25, 0.3) is 11.4 Å². The molecule has 1 heterocycles. The standard InChI is InChI=1S/C29H46N2O/c1-3-5-7-8-9-10-11-12-13-14-15-16-17-23-32-28-24-30-29(31-25-28)27-21-19-26(20-22-27)18-6-4-2/h19-22,24-25H,3-18,23H2,1-2H3. The molecule has 0 aliphatic rings. The van der Waals surface area contributed by atoms with Gasteiger partial charge in [0.25, 0.3) is 0 Å². The van der Waals surface area contributed by atoms with E-state index in [0.29, 0.717) is 0 Å². The highest BCUT2D eigenvalue weighted by molar-refractivity contribution is 5.55. The molecule has 3 nitrogen and oxygen atoms in total. The minimum absolute atomic E-state index is 0.757. The fourth-order valence-corrected chi connectivity index (χ4v) is 4.05. The first-order chi connectivity index (χ1) is 15.8. The number of unbranched alkanes of at least 4 members (excludes halogenated alkanes) is 13. The lowest BCUT2D eigenvalue weighted by Crippen LogP contribution is -1.99. The lowest BCUT2D eigenvalue weighted by atomic mass is 10.0. The molecule has 178 valence electrons. The fourth-order valence-electron chi connectivity index (χ4n) is 4.05. The van der Waals surface area contributed by atoms with Gasteiger partial charge in [0.1, 0.15) is 0 Å². The zero-order valence-corrected chi connectivity index (χ0v) is 20.8. The van der Waals surface area contributed by atoms with E-state index in [4.69, 9.17) is 4.74 Å². The molecule has 0 saturated carbocycles. The summed E-state index contributed by atoms with van der Waals surface area (Å²) in [5, 5.41) is 0. The maximum atomic E-state index is 5.84. The monoisotopic (exact) mass is 438 g/mol. The molecule has 0 bridgehead atoms. The number of aryl methyl sites for hydroxylation is 1. The Kier molecular flexibility index (Phi) is 14.5. The molecule has 0 N–H and O–H groups in total. The summed E-state index contributed by atoms with van der Waals surface area (Å²) in [5.74, 6) is 1.53. The SMILES string of the molecule is CCCCCCCCCCCCCCCOc1cnc(-c2ccc(CCCC)cc2)nc1. The Hall–Kier alpha value is -1.90. The Bertz CT molecular complexity index is 681. The highest BCUT2D eigenvalue weighted by Crippen LogP contribution is 2.18. The first kappa shape index (κ1) is 26.4. The Balaban J connectivity index is 1.49. The van der Waals surface area contributed by atoms with Crippen LogP contribution in [0.3, 0.4) is 0 Å². The third-order valence-electron chi connectivity index (χ3n) is 6.18. The minimum Gasteiger partial charge on any atom is -0.490 e. The number of hydrogen-bond acceptors (Lipinski definition) is 3. The molecule has 1 aromatic carbocycles. The number of rotatable bonds is 19. The van der Waals surface area contributed by atoms with Gasteiger partial charge in [-0.3, -0.25) is 0 Å². The van der Waals surface area contributed by atoms with Crippen LogP contribution in [0.2, 0.25) is 0 Å². The van der Waals surface area contributed by atoms with Crippen LogP contribution in [0.5, 0.6) is 5.75 Å². The van der Waals surface area contributed by atoms with E-state index in [0.717, 1.165) is 36.6 Å². The van der Waals surface area contributed by atoms with Gasteiger partial charge in [-0.05, 0) is 24.8 Å². The van der Waals surface area contributed by atoms with E-state index >= 15 is 0 Å². The molecule has 0 atom stereocenters. The van der Waals surface area contributed by atoms with Gasteiger partial charge in [0.2, 0.25) is 0 Å². The van der Waals surface area contributed by atoms with Crippen molar-refractivity contribution in [1.82, 2.24) is 9.97 Å². The number of benzene rings is 1. The Morgan fingerprint density at radius 1 is 0.594 bits per heavy atom. The summed E-state index contributed by atoms with van der Waals surface area (Å²) in [7, 11) is 0. The average Bonchev–Trinajstić information content (AvgIpc) is 2.84. The predicted octanol–water partition coefficient (Wildman–Crippen LogP) is 8.96. The maximum absolute atomic E-state index is 5.84. The van der Waals surface area contributed by atoms with Crippen LogP contribution in [-0.4, -0.2) is 16.6 Å². The number of nitrogens with zero attached hydrogens (tertiary/aromatic N) is 2. The first-order valence-corrected chi connectivity index (χ1v) is 13.4. The Labute approximate surface area is 197 Å². The van der Waals surface area contributed by atoms with Crippen molar-refractivity contribution < 1.29 is 4.74 Å². The van der Waals surface area contributed by atoms with Gasteiger partial charge in [-0.15, -0.1) is 0 Å². The molecular formula is C29H46N2O. The highest BCUT2D eigenvalue weighted by atomic mass is 16.5. The summed E-state index contributed by atoms with van der Waals surface area (Å²) in [6.45, 7) is 5.27. The molecule has 0 amide bonds. The maximum Gasteiger partial charge on any atom is 0.159 e.